The zero-order valence-electron chi connectivity index (χ0n) is 15.6. The van der Waals surface area contributed by atoms with E-state index < -0.39 is 0 Å². The van der Waals surface area contributed by atoms with Crippen molar-refractivity contribution < 1.29 is 18.7 Å². The fourth-order valence-corrected chi connectivity index (χ4v) is 3.84. The molecular formula is C23H18FNO3S. The Morgan fingerprint density at radius 3 is 2.62 bits per heavy atom. The normalized spacial score (nSPS) is 14.3. The van der Waals surface area contributed by atoms with Gasteiger partial charge < -0.3 is 14.8 Å². The Morgan fingerprint density at radius 1 is 1.03 bits per heavy atom. The zero-order chi connectivity index (χ0) is 20.2. The van der Waals surface area contributed by atoms with Gasteiger partial charge in [0, 0.05) is 4.90 Å². The summed E-state index contributed by atoms with van der Waals surface area (Å²) in [6.45, 7) is 0.298. The predicted molar refractivity (Wildman–Crippen MR) is 113 cm³/mol. The molecule has 1 amide bonds. The molecule has 146 valence electrons. The van der Waals surface area contributed by atoms with Crippen LogP contribution < -0.4 is 14.8 Å². The summed E-state index contributed by atoms with van der Waals surface area (Å²) in [6.07, 6.45) is 1.82. The molecule has 1 aliphatic heterocycles. The molecule has 0 saturated heterocycles. The molecule has 3 aromatic rings. The molecule has 0 aromatic heterocycles. The molecule has 29 heavy (non-hydrogen) atoms. The summed E-state index contributed by atoms with van der Waals surface area (Å²) in [7, 11) is 1.56. The molecule has 6 heteroatoms. The predicted octanol–water partition coefficient (Wildman–Crippen LogP) is 5.50. The number of carbonyl (C=O) groups excluding carboxylic acids is 1. The average Bonchev–Trinajstić information content (AvgIpc) is 2.74. The number of ether oxygens (including phenoxy) is 2. The van der Waals surface area contributed by atoms with Gasteiger partial charge in [-0.3, -0.25) is 4.79 Å². The number of fused-ring (bicyclic) bond motifs is 1. The number of anilines is 1. The number of para-hydroxylation sites is 1. The minimum absolute atomic E-state index is 0.135. The fourth-order valence-electron chi connectivity index (χ4n) is 2.89. The van der Waals surface area contributed by atoms with Gasteiger partial charge in [-0.2, -0.15) is 0 Å². The van der Waals surface area contributed by atoms with Gasteiger partial charge in [0.25, 0.3) is 5.91 Å². The first-order valence-electron chi connectivity index (χ1n) is 8.97. The highest BCUT2D eigenvalue weighted by molar-refractivity contribution is 8.04. The highest BCUT2D eigenvalue weighted by Gasteiger charge is 2.20. The van der Waals surface area contributed by atoms with E-state index in [4.69, 9.17) is 9.47 Å². The number of amides is 1. The number of methoxy groups -OCH3 is 1. The summed E-state index contributed by atoms with van der Waals surface area (Å²) in [6, 6.07) is 19.3. The molecule has 0 saturated carbocycles. The summed E-state index contributed by atoms with van der Waals surface area (Å²) >= 11 is 1.43. The minimum Gasteiger partial charge on any atom is -0.493 e. The molecule has 3 aromatic carbocycles. The van der Waals surface area contributed by atoms with Gasteiger partial charge in [0.1, 0.15) is 12.4 Å². The second kappa shape index (κ2) is 8.41. The highest BCUT2D eigenvalue weighted by Crippen LogP contribution is 2.39. The van der Waals surface area contributed by atoms with Crippen molar-refractivity contribution in [3.63, 3.8) is 0 Å². The zero-order valence-corrected chi connectivity index (χ0v) is 16.5. The molecule has 1 aliphatic rings. The Balaban J connectivity index is 1.52. The van der Waals surface area contributed by atoms with Crippen LogP contribution in [0.3, 0.4) is 0 Å². The van der Waals surface area contributed by atoms with Crippen molar-refractivity contribution in [2.45, 2.75) is 11.5 Å². The van der Waals surface area contributed by atoms with Crippen LogP contribution in [0.1, 0.15) is 11.1 Å². The van der Waals surface area contributed by atoms with Gasteiger partial charge in [-0.25, -0.2) is 4.39 Å². The molecule has 0 radical (unpaired) electrons. The third-order valence-corrected chi connectivity index (χ3v) is 5.47. The SMILES string of the molecule is COc1cc(/C=C2\Sc3ccccc3NC2=O)ccc1OCc1ccc(F)cc1. The number of rotatable bonds is 5. The van der Waals surface area contributed by atoms with Crippen molar-refractivity contribution in [2.24, 2.45) is 0 Å². The van der Waals surface area contributed by atoms with Crippen molar-refractivity contribution >= 4 is 29.4 Å². The van der Waals surface area contributed by atoms with Crippen LogP contribution in [0.25, 0.3) is 6.08 Å². The lowest BCUT2D eigenvalue weighted by atomic mass is 10.1. The van der Waals surface area contributed by atoms with E-state index in [0.29, 0.717) is 23.0 Å². The standard InChI is InChI=1S/C23H18FNO3S/c1-27-20-12-16(8-11-19(20)28-14-15-6-9-17(24)10-7-15)13-22-23(26)25-18-4-2-3-5-21(18)29-22/h2-13H,14H2,1H3,(H,25,26)/b22-13-. The van der Waals surface area contributed by atoms with E-state index in [1.807, 2.05) is 42.5 Å². The number of halogens is 1. The Bertz CT molecular complexity index is 1080. The van der Waals surface area contributed by atoms with E-state index in [1.165, 1.54) is 23.9 Å². The van der Waals surface area contributed by atoms with Crippen LogP contribution in [0.15, 0.2) is 76.5 Å². The lowest BCUT2D eigenvalue weighted by Gasteiger charge is -2.18. The number of benzene rings is 3. The molecule has 4 rings (SSSR count). The van der Waals surface area contributed by atoms with E-state index in [1.54, 1.807) is 25.3 Å². The monoisotopic (exact) mass is 407 g/mol. The Hall–Kier alpha value is -3.25. The van der Waals surface area contributed by atoms with Crippen molar-refractivity contribution in [3.8, 4) is 11.5 Å². The van der Waals surface area contributed by atoms with Gasteiger partial charge in [-0.1, -0.05) is 42.1 Å². The Labute approximate surface area is 172 Å². The quantitative estimate of drug-likeness (QED) is 0.568. The molecule has 1 heterocycles. The maximum absolute atomic E-state index is 13.0. The van der Waals surface area contributed by atoms with E-state index in [2.05, 4.69) is 5.32 Å². The number of nitrogens with one attached hydrogen (secondary N) is 1. The minimum atomic E-state index is -0.282. The van der Waals surface area contributed by atoms with Crippen LogP contribution in [-0.4, -0.2) is 13.0 Å². The van der Waals surface area contributed by atoms with E-state index in [-0.39, 0.29) is 11.7 Å². The van der Waals surface area contributed by atoms with Gasteiger partial charge in [-0.15, -0.1) is 0 Å². The molecule has 0 aliphatic carbocycles. The number of hydrogen-bond donors (Lipinski definition) is 1. The van der Waals surface area contributed by atoms with Gasteiger partial charge in [0.15, 0.2) is 11.5 Å². The van der Waals surface area contributed by atoms with Crippen molar-refractivity contribution in [1.82, 2.24) is 0 Å². The van der Waals surface area contributed by atoms with Crippen LogP contribution in [0.5, 0.6) is 11.5 Å². The van der Waals surface area contributed by atoms with Gasteiger partial charge in [0.2, 0.25) is 0 Å². The van der Waals surface area contributed by atoms with Crippen molar-refractivity contribution in [2.75, 3.05) is 12.4 Å². The topological polar surface area (TPSA) is 47.6 Å². The smallest absolute Gasteiger partial charge is 0.262 e. The number of hydrogen-bond acceptors (Lipinski definition) is 4. The summed E-state index contributed by atoms with van der Waals surface area (Å²) in [5.41, 5.74) is 2.50. The van der Waals surface area contributed by atoms with Gasteiger partial charge >= 0.3 is 0 Å². The highest BCUT2D eigenvalue weighted by atomic mass is 32.2. The molecule has 4 nitrogen and oxygen atoms in total. The summed E-state index contributed by atoms with van der Waals surface area (Å²) in [5, 5.41) is 2.90. The lowest BCUT2D eigenvalue weighted by Crippen LogP contribution is -2.17. The summed E-state index contributed by atoms with van der Waals surface area (Å²) in [5.74, 6) is 0.716. The Morgan fingerprint density at radius 2 is 1.83 bits per heavy atom. The van der Waals surface area contributed by atoms with Crippen LogP contribution in [0, 0.1) is 5.82 Å². The van der Waals surface area contributed by atoms with Crippen LogP contribution in [-0.2, 0) is 11.4 Å². The lowest BCUT2D eigenvalue weighted by molar-refractivity contribution is -0.112. The first-order valence-corrected chi connectivity index (χ1v) is 9.79. The average molecular weight is 407 g/mol. The molecule has 0 atom stereocenters. The number of thioether (sulfide) groups is 1. The molecular weight excluding hydrogens is 389 g/mol. The first-order chi connectivity index (χ1) is 14.1. The van der Waals surface area contributed by atoms with Crippen molar-refractivity contribution in [3.05, 3.63) is 88.6 Å². The molecule has 0 bridgehead atoms. The fraction of sp³-hybridized carbons (Fsp3) is 0.0870. The third-order valence-electron chi connectivity index (χ3n) is 4.37. The van der Waals surface area contributed by atoms with E-state index >= 15 is 0 Å². The van der Waals surface area contributed by atoms with E-state index in [0.717, 1.165) is 21.7 Å². The Kier molecular flexibility index (Phi) is 5.53. The number of carbonyl (C=O) groups is 1. The first kappa shape index (κ1) is 19.1. The van der Waals surface area contributed by atoms with Crippen LogP contribution >= 0.6 is 11.8 Å². The van der Waals surface area contributed by atoms with Crippen LogP contribution in [0.4, 0.5) is 10.1 Å². The van der Waals surface area contributed by atoms with E-state index in [9.17, 15) is 9.18 Å². The maximum atomic E-state index is 13.0. The molecule has 0 fully saturated rings. The maximum Gasteiger partial charge on any atom is 0.262 e. The second-order valence-electron chi connectivity index (χ2n) is 6.39. The van der Waals surface area contributed by atoms with Gasteiger partial charge in [0.05, 0.1) is 17.7 Å². The summed E-state index contributed by atoms with van der Waals surface area (Å²) < 4.78 is 24.3. The second-order valence-corrected chi connectivity index (χ2v) is 7.47. The molecule has 1 N–H and O–H groups in total. The molecule has 0 unspecified atom stereocenters. The van der Waals surface area contributed by atoms with Crippen LogP contribution in [0.2, 0.25) is 0 Å². The van der Waals surface area contributed by atoms with Gasteiger partial charge in [-0.05, 0) is 53.6 Å². The summed E-state index contributed by atoms with van der Waals surface area (Å²) in [4.78, 5) is 14.0. The third kappa shape index (κ3) is 4.43. The molecule has 0 spiro atoms. The largest absolute Gasteiger partial charge is 0.493 e. The van der Waals surface area contributed by atoms with Crippen molar-refractivity contribution in [1.29, 1.82) is 0 Å².